The molecule has 1 aromatic rings. The second kappa shape index (κ2) is 6.66. The minimum Gasteiger partial charge on any atom is -0.395 e. The summed E-state index contributed by atoms with van der Waals surface area (Å²) < 4.78 is 0.780. The van der Waals surface area contributed by atoms with Crippen molar-refractivity contribution in [3.05, 3.63) is 28.2 Å². The van der Waals surface area contributed by atoms with E-state index in [1.54, 1.807) is 32.0 Å². The monoisotopic (exact) mass is 325 g/mol. The first-order valence-electron chi connectivity index (χ1n) is 5.77. The van der Waals surface area contributed by atoms with Gasteiger partial charge < -0.3 is 15.7 Å². The van der Waals surface area contributed by atoms with E-state index in [1.807, 2.05) is 6.07 Å². The Bertz CT molecular complexity index is 509. The number of aliphatic hydroxyl groups excluding tert-OH is 1. The first-order chi connectivity index (χ1) is 8.90. The molecule has 1 aromatic carbocycles. The molecule has 0 bridgehead atoms. The maximum absolute atomic E-state index is 12.1. The Kier molecular flexibility index (Phi) is 5.48. The lowest BCUT2D eigenvalue weighted by Gasteiger charge is -2.25. The fraction of sp³-hybridized carbons (Fsp3) is 0.385. The van der Waals surface area contributed by atoms with E-state index in [0.29, 0.717) is 17.8 Å². The third-order valence-corrected chi connectivity index (χ3v) is 3.09. The molecule has 0 aliphatic carbocycles. The van der Waals surface area contributed by atoms with Crippen molar-refractivity contribution in [2.45, 2.75) is 19.4 Å². The van der Waals surface area contributed by atoms with Crippen molar-refractivity contribution in [1.29, 1.82) is 5.26 Å². The number of amides is 1. The highest BCUT2D eigenvalue weighted by atomic mass is 79.9. The second-order valence-electron chi connectivity index (χ2n) is 4.53. The van der Waals surface area contributed by atoms with Crippen molar-refractivity contribution in [3.63, 3.8) is 0 Å². The number of hydrogen-bond acceptors (Lipinski definition) is 4. The smallest absolute Gasteiger partial charge is 0.244 e. The molecule has 19 heavy (non-hydrogen) atoms. The first kappa shape index (κ1) is 15.6. The predicted molar refractivity (Wildman–Crippen MR) is 76.7 cm³/mol. The van der Waals surface area contributed by atoms with Crippen LogP contribution in [0.1, 0.15) is 19.4 Å². The zero-order valence-electron chi connectivity index (χ0n) is 10.8. The number of β-amino-alcohol motifs (C(OH)–C–C–N with tert-alkyl or cyclic N) is 1. The zero-order chi connectivity index (χ0) is 14.5. The van der Waals surface area contributed by atoms with Gasteiger partial charge in [-0.2, -0.15) is 5.26 Å². The van der Waals surface area contributed by atoms with Crippen LogP contribution in [0.5, 0.6) is 0 Å². The normalized spacial score (nSPS) is 10.9. The molecular weight excluding hydrogens is 310 g/mol. The van der Waals surface area contributed by atoms with Gasteiger partial charge in [0.25, 0.3) is 0 Å². The van der Waals surface area contributed by atoms with Crippen molar-refractivity contribution in [2.24, 2.45) is 0 Å². The number of nitrogens with one attached hydrogen (secondary N) is 2. The van der Waals surface area contributed by atoms with Gasteiger partial charge in [0.15, 0.2) is 0 Å². The number of hydrogen-bond donors (Lipinski definition) is 3. The van der Waals surface area contributed by atoms with Gasteiger partial charge in [-0.25, -0.2) is 0 Å². The fourth-order valence-electron chi connectivity index (χ4n) is 1.44. The van der Waals surface area contributed by atoms with Crippen LogP contribution in [-0.4, -0.2) is 29.7 Å². The third-order valence-electron chi connectivity index (χ3n) is 2.60. The highest BCUT2D eigenvalue weighted by molar-refractivity contribution is 9.10. The SMILES string of the molecule is CC(C)(NCCO)C(=O)Nc1cc(Br)ccc1C#N. The van der Waals surface area contributed by atoms with Gasteiger partial charge >= 0.3 is 0 Å². The maximum Gasteiger partial charge on any atom is 0.244 e. The van der Waals surface area contributed by atoms with Crippen LogP contribution in [-0.2, 0) is 4.79 Å². The van der Waals surface area contributed by atoms with Gasteiger partial charge in [-0.3, -0.25) is 4.79 Å². The standard InChI is InChI=1S/C13H16BrN3O2/c1-13(2,16-5-6-18)12(19)17-11-7-10(14)4-3-9(11)8-15/h3-4,7,16,18H,5-6H2,1-2H3,(H,17,19). The van der Waals surface area contributed by atoms with Crippen LogP contribution in [0.4, 0.5) is 5.69 Å². The lowest BCUT2D eigenvalue weighted by Crippen LogP contribution is -2.50. The van der Waals surface area contributed by atoms with E-state index >= 15 is 0 Å². The van der Waals surface area contributed by atoms with Gasteiger partial charge in [0.1, 0.15) is 6.07 Å². The van der Waals surface area contributed by atoms with E-state index in [9.17, 15) is 4.79 Å². The van der Waals surface area contributed by atoms with Gasteiger partial charge in [-0.15, -0.1) is 0 Å². The van der Waals surface area contributed by atoms with Crippen LogP contribution < -0.4 is 10.6 Å². The summed E-state index contributed by atoms with van der Waals surface area (Å²) >= 11 is 3.30. The predicted octanol–water partition coefficient (Wildman–Crippen LogP) is 1.62. The molecule has 0 fully saturated rings. The number of nitriles is 1. The van der Waals surface area contributed by atoms with Crippen molar-refractivity contribution >= 4 is 27.5 Å². The summed E-state index contributed by atoms with van der Waals surface area (Å²) in [6.45, 7) is 3.70. The average molecular weight is 326 g/mol. The van der Waals surface area contributed by atoms with Crippen LogP contribution in [0, 0.1) is 11.3 Å². The van der Waals surface area contributed by atoms with E-state index in [1.165, 1.54) is 0 Å². The van der Waals surface area contributed by atoms with Crippen LogP contribution in [0.25, 0.3) is 0 Å². The number of nitrogens with zero attached hydrogens (tertiary/aromatic N) is 1. The van der Waals surface area contributed by atoms with Gasteiger partial charge in [-0.1, -0.05) is 15.9 Å². The van der Waals surface area contributed by atoms with E-state index < -0.39 is 5.54 Å². The summed E-state index contributed by atoms with van der Waals surface area (Å²) in [7, 11) is 0. The Hall–Kier alpha value is -1.42. The lowest BCUT2D eigenvalue weighted by molar-refractivity contribution is -0.121. The molecule has 0 radical (unpaired) electrons. The van der Waals surface area contributed by atoms with Crippen LogP contribution in [0.3, 0.4) is 0 Å². The fourth-order valence-corrected chi connectivity index (χ4v) is 1.81. The number of carbonyl (C=O) groups is 1. The molecule has 3 N–H and O–H groups in total. The molecule has 1 amide bonds. The summed E-state index contributed by atoms with van der Waals surface area (Å²) in [5, 5.41) is 23.4. The molecule has 0 aliphatic heterocycles. The summed E-state index contributed by atoms with van der Waals surface area (Å²) in [6.07, 6.45) is 0. The minimum atomic E-state index is -0.836. The molecule has 0 atom stereocenters. The molecule has 6 heteroatoms. The van der Waals surface area contributed by atoms with E-state index in [0.717, 1.165) is 4.47 Å². The van der Waals surface area contributed by atoms with Gasteiger partial charge in [0.05, 0.1) is 23.4 Å². The molecule has 0 aromatic heterocycles. The third kappa shape index (κ3) is 4.31. The molecule has 0 saturated heterocycles. The van der Waals surface area contributed by atoms with Crippen molar-refractivity contribution < 1.29 is 9.90 Å². The molecular formula is C13H16BrN3O2. The molecule has 0 unspecified atom stereocenters. The Morgan fingerprint density at radius 1 is 1.53 bits per heavy atom. The highest BCUT2D eigenvalue weighted by Gasteiger charge is 2.27. The summed E-state index contributed by atoms with van der Waals surface area (Å²) in [5.41, 5.74) is 0.0212. The number of rotatable bonds is 5. The van der Waals surface area contributed by atoms with Crippen LogP contribution in [0.2, 0.25) is 0 Å². The highest BCUT2D eigenvalue weighted by Crippen LogP contribution is 2.21. The summed E-state index contributed by atoms with van der Waals surface area (Å²) in [5.74, 6) is -0.268. The molecule has 5 nitrogen and oxygen atoms in total. The van der Waals surface area contributed by atoms with E-state index in [4.69, 9.17) is 10.4 Å². The Labute approximate surface area is 120 Å². The second-order valence-corrected chi connectivity index (χ2v) is 5.45. The Morgan fingerprint density at radius 3 is 2.79 bits per heavy atom. The maximum atomic E-state index is 12.1. The molecule has 0 spiro atoms. The van der Waals surface area contributed by atoms with Crippen molar-refractivity contribution in [2.75, 3.05) is 18.5 Å². The quantitative estimate of drug-likeness (QED) is 0.768. The average Bonchev–Trinajstić information content (AvgIpc) is 2.36. The molecule has 0 saturated carbocycles. The van der Waals surface area contributed by atoms with E-state index in [-0.39, 0.29) is 12.5 Å². The first-order valence-corrected chi connectivity index (χ1v) is 6.57. The number of aliphatic hydroxyl groups is 1. The molecule has 0 aliphatic rings. The Balaban J connectivity index is 2.88. The van der Waals surface area contributed by atoms with Crippen LogP contribution in [0.15, 0.2) is 22.7 Å². The minimum absolute atomic E-state index is 0.0446. The van der Waals surface area contributed by atoms with Gasteiger partial charge in [0, 0.05) is 11.0 Å². The number of benzene rings is 1. The summed E-state index contributed by atoms with van der Waals surface area (Å²) in [4.78, 5) is 12.1. The molecule has 102 valence electrons. The van der Waals surface area contributed by atoms with Crippen molar-refractivity contribution in [3.8, 4) is 6.07 Å². The van der Waals surface area contributed by atoms with Crippen LogP contribution >= 0.6 is 15.9 Å². The summed E-state index contributed by atoms with van der Waals surface area (Å²) in [6, 6.07) is 7.08. The van der Waals surface area contributed by atoms with Crippen molar-refractivity contribution in [1.82, 2.24) is 5.32 Å². The van der Waals surface area contributed by atoms with Gasteiger partial charge in [-0.05, 0) is 32.0 Å². The molecule has 0 heterocycles. The number of anilines is 1. The lowest BCUT2D eigenvalue weighted by atomic mass is 10.0. The topological polar surface area (TPSA) is 85.2 Å². The largest absolute Gasteiger partial charge is 0.395 e. The zero-order valence-corrected chi connectivity index (χ0v) is 12.4. The molecule has 1 rings (SSSR count). The Morgan fingerprint density at radius 2 is 2.21 bits per heavy atom. The number of halogens is 1. The number of carbonyl (C=O) groups excluding carboxylic acids is 1. The van der Waals surface area contributed by atoms with Gasteiger partial charge in [0.2, 0.25) is 5.91 Å². The van der Waals surface area contributed by atoms with E-state index in [2.05, 4.69) is 26.6 Å².